The van der Waals surface area contributed by atoms with Crippen LogP contribution in [0.2, 0.25) is 0 Å². The van der Waals surface area contributed by atoms with Gasteiger partial charge in [-0.1, -0.05) is 36.4 Å². The van der Waals surface area contributed by atoms with Crippen LogP contribution in [0.3, 0.4) is 0 Å². The molecule has 2 aromatic carbocycles. The summed E-state index contributed by atoms with van der Waals surface area (Å²) >= 11 is 0. The van der Waals surface area contributed by atoms with Gasteiger partial charge in [0.2, 0.25) is 0 Å². The Labute approximate surface area is 298 Å². The van der Waals surface area contributed by atoms with Gasteiger partial charge in [-0.15, -0.1) is 0 Å². The Morgan fingerprint density at radius 2 is 0.968 bits per heavy atom. The molecule has 2 heterocycles. The van der Waals surface area contributed by atoms with Crippen LogP contribution in [0.1, 0.15) is 20.7 Å². The van der Waals surface area contributed by atoms with Crippen molar-refractivity contribution in [3.05, 3.63) is 71.8 Å². The summed E-state index contributed by atoms with van der Waals surface area (Å²) in [5.74, 6) is -2.68. The van der Waals surface area contributed by atoms with Crippen molar-refractivity contribution in [1.29, 1.82) is 0 Å². The number of pyridine rings is 2. The Balaban J connectivity index is 0. The van der Waals surface area contributed by atoms with Gasteiger partial charge in [0.15, 0.2) is 0 Å². The number of carbonyl (C=O) groups excluding carboxylic acids is 2. The fourth-order valence-corrected chi connectivity index (χ4v) is 2.95. The molecule has 4 rings (SSSR count). The maximum atomic E-state index is 11.5. The summed E-state index contributed by atoms with van der Waals surface area (Å²) in [5.41, 5.74) is 1.33. The van der Waals surface area contributed by atoms with Crippen LogP contribution in [0.4, 0.5) is 0 Å². The smallest absolute Gasteiger partial charge is 1.00 e. The molecule has 0 saturated carbocycles. The predicted molar refractivity (Wildman–Crippen MR) is 91.1 cm³/mol. The number of benzene rings is 2. The van der Waals surface area contributed by atoms with Gasteiger partial charge in [0, 0.05) is 21.9 Å². The van der Waals surface area contributed by atoms with Crippen LogP contribution >= 0.6 is 0 Å². The molecule has 0 radical (unpaired) electrons. The Hall–Kier alpha value is 1.10. The summed E-state index contributed by atoms with van der Waals surface area (Å²) in [6.07, 6.45) is 0. The van der Waals surface area contributed by atoms with Crippen molar-refractivity contribution >= 4 is 33.7 Å². The van der Waals surface area contributed by atoms with Crippen LogP contribution in [0.5, 0.6) is 0 Å². The van der Waals surface area contributed by atoms with Crippen molar-refractivity contribution in [1.82, 2.24) is 9.97 Å². The van der Waals surface area contributed by atoms with E-state index in [1.807, 2.05) is 0 Å². The van der Waals surface area contributed by atoms with Crippen molar-refractivity contribution in [2.45, 2.75) is 0 Å². The topological polar surface area (TPSA) is 106 Å². The van der Waals surface area contributed by atoms with Crippen LogP contribution in [0.25, 0.3) is 33.2 Å². The summed E-state index contributed by atoms with van der Waals surface area (Å²) in [5, 5.41) is 23.9. The molecule has 6 nitrogen and oxygen atoms in total. The molecule has 150 valence electrons. The van der Waals surface area contributed by atoms with Crippen LogP contribution < -0.4 is 147 Å². The Bertz CT molecular complexity index is 1130. The molecule has 11 heteroatoms. The van der Waals surface area contributed by atoms with Gasteiger partial charge < -0.3 is 53.8 Å². The molecule has 2 aromatic heterocycles. The minimum atomic E-state index is -1.34. The van der Waals surface area contributed by atoms with Crippen LogP contribution in [0, 0.1) is 0 Å². The number of aromatic carboxylic acids is 2. The Morgan fingerprint density at radius 3 is 1.29 bits per heavy atom. The number of rotatable bonds is 3. The first-order valence-electron chi connectivity index (χ1n) is 7.77. The van der Waals surface area contributed by atoms with E-state index in [1.165, 1.54) is 12.1 Å². The minimum Gasteiger partial charge on any atom is -1.00 e. The summed E-state index contributed by atoms with van der Waals surface area (Å²) in [6.45, 7) is 0. The summed E-state index contributed by atoms with van der Waals surface area (Å²) in [4.78, 5) is 31.9. The second-order valence-corrected chi connectivity index (χ2v) is 5.72. The van der Waals surface area contributed by atoms with Gasteiger partial charge in [-0.2, -0.15) is 0 Å². The van der Waals surface area contributed by atoms with Crippen LogP contribution in [-0.4, -0.2) is 21.9 Å². The zero-order chi connectivity index (χ0) is 18.3. The molecule has 0 aliphatic rings. The largest absolute Gasteiger partial charge is 2.00 e. The van der Waals surface area contributed by atoms with Crippen molar-refractivity contribution in [2.75, 3.05) is 0 Å². The number of fused-ring (bicyclic) bond motifs is 2. The number of hydrogen-bond acceptors (Lipinski definition) is 6. The second kappa shape index (κ2) is 15.2. The monoisotopic (exact) mass is 684 g/mol. The molecule has 0 spiro atoms. The van der Waals surface area contributed by atoms with E-state index in [4.69, 9.17) is 0 Å². The SMILES string of the molecule is O=C([O-])c1cc(-c2cc(C(=O)[O-])c3ccccc3n2)nc2ccccc12.[Br-].[Br-].[K+].[K+].[Pd+2]. The van der Waals surface area contributed by atoms with E-state index in [-0.39, 0.29) is 180 Å². The standard InChI is InChI=1S/C20H12N2O4.2BrH.2K.Pd/c23-19(24)13-9-17(21-15-7-3-1-5-11(13)15)18-10-14(20(25)26)12-6-2-4-8-16(12)22-18;;;;;/h1-10H,(H,23,24)(H,25,26);2*1H;;;/q;;;2*+1;+2/p-4. The van der Waals surface area contributed by atoms with E-state index in [1.54, 1.807) is 48.5 Å². The Kier molecular flexibility index (Phi) is 16.8. The molecule has 0 bridgehead atoms. The van der Waals surface area contributed by atoms with E-state index < -0.39 is 11.9 Å². The third kappa shape index (κ3) is 7.54. The maximum Gasteiger partial charge on any atom is 2.00 e. The summed E-state index contributed by atoms with van der Waals surface area (Å²) < 4.78 is 0. The molecule has 31 heavy (non-hydrogen) atoms. The number of carboxylic acids is 2. The fourth-order valence-electron chi connectivity index (χ4n) is 2.95. The molecule has 0 amide bonds. The zero-order valence-corrected chi connectivity index (χ0v) is 27.3. The minimum absolute atomic E-state index is 0. The average molecular weight is 687 g/mol. The molecule has 0 N–H and O–H groups in total. The van der Waals surface area contributed by atoms with E-state index >= 15 is 0 Å². The fraction of sp³-hybridized carbons (Fsp3) is 0. The van der Waals surface area contributed by atoms with Gasteiger partial charge in [-0.05, 0) is 24.3 Å². The second-order valence-electron chi connectivity index (χ2n) is 5.72. The molecular formula is C20H10Br2K2N2O4Pd. The molecule has 0 aliphatic heterocycles. The van der Waals surface area contributed by atoms with Gasteiger partial charge in [0.25, 0.3) is 0 Å². The van der Waals surface area contributed by atoms with E-state index in [0.29, 0.717) is 21.8 Å². The number of hydrogen-bond donors (Lipinski definition) is 0. The molecule has 0 saturated heterocycles. The van der Waals surface area contributed by atoms with Gasteiger partial charge in [-0.3, -0.25) is 0 Å². The Morgan fingerprint density at radius 1 is 0.645 bits per heavy atom. The number of para-hydroxylation sites is 2. The molecule has 0 atom stereocenters. The first-order chi connectivity index (χ1) is 12.5. The molecule has 0 unspecified atom stereocenters. The number of halogens is 2. The van der Waals surface area contributed by atoms with E-state index in [0.717, 1.165) is 0 Å². The zero-order valence-electron chi connectivity index (χ0n) is 16.4. The third-order valence-electron chi connectivity index (χ3n) is 4.13. The maximum absolute atomic E-state index is 11.5. The number of nitrogens with zero attached hydrogens (tertiary/aromatic N) is 2. The summed E-state index contributed by atoms with van der Waals surface area (Å²) in [7, 11) is 0. The van der Waals surface area contributed by atoms with E-state index in [2.05, 4.69) is 9.97 Å². The first kappa shape index (κ1) is 34.3. The van der Waals surface area contributed by atoms with Crippen molar-refractivity contribution < 1.29 is 177 Å². The molecule has 0 fully saturated rings. The van der Waals surface area contributed by atoms with Crippen molar-refractivity contribution in [3.8, 4) is 11.4 Å². The number of aromatic nitrogens is 2. The quantitative estimate of drug-likeness (QED) is 0.199. The van der Waals surface area contributed by atoms with Crippen molar-refractivity contribution in [3.63, 3.8) is 0 Å². The summed E-state index contributed by atoms with van der Waals surface area (Å²) in [6, 6.07) is 16.2. The molecule has 0 aliphatic carbocycles. The molecule has 4 aromatic rings. The van der Waals surface area contributed by atoms with Crippen molar-refractivity contribution in [2.24, 2.45) is 0 Å². The van der Waals surface area contributed by atoms with E-state index in [9.17, 15) is 19.8 Å². The van der Waals surface area contributed by atoms with Gasteiger partial charge >= 0.3 is 123 Å². The van der Waals surface area contributed by atoms with Crippen LogP contribution in [0.15, 0.2) is 60.7 Å². The van der Waals surface area contributed by atoms with Gasteiger partial charge in [0.05, 0.1) is 34.4 Å². The third-order valence-corrected chi connectivity index (χ3v) is 4.13. The van der Waals surface area contributed by atoms with Crippen LogP contribution in [-0.2, 0) is 20.4 Å². The number of carboxylic acid groups (broad SMARTS) is 2. The van der Waals surface area contributed by atoms with Gasteiger partial charge in [0.1, 0.15) is 0 Å². The number of carbonyl (C=O) groups is 2. The first-order valence-corrected chi connectivity index (χ1v) is 7.77. The van der Waals surface area contributed by atoms with Gasteiger partial charge in [-0.25, -0.2) is 9.97 Å². The average Bonchev–Trinajstić information content (AvgIpc) is 2.66. The predicted octanol–water partition coefficient (Wildman–Crippen LogP) is -10.8. The normalized spacial score (nSPS) is 9.16. The molecular weight excluding hydrogens is 677 g/mol.